The first-order chi connectivity index (χ1) is 11.7. The summed E-state index contributed by atoms with van der Waals surface area (Å²) >= 11 is 0. The molecule has 2 heterocycles. The van der Waals surface area contributed by atoms with Gasteiger partial charge in [-0.05, 0) is 32.1 Å². The molecule has 1 aromatic heterocycles. The Labute approximate surface area is 141 Å². The van der Waals surface area contributed by atoms with Gasteiger partial charge in [0.15, 0.2) is 0 Å². The predicted molar refractivity (Wildman–Crippen MR) is 89.0 cm³/mol. The monoisotopic (exact) mass is 326 g/mol. The summed E-state index contributed by atoms with van der Waals surface area (Å²) in [6.45, 7) is 3.85. The smallest absolute Gasteiger partial charge is 0.246 e. The van der Waals surface area contributed by atoms with Gasteiger partial charge in [-0.3, -0.25) is 9.69 Å². The quantitative estimate of drug-likeness (QED) is 0.911. The van der Waals surface area contributed by atoms with Crippen LogP contribution in [0.4, 0.5) is 0 Å². The van der Waals surface area contributed by atoms with Gasteiger partial charge in [0.25, 0.3) is 0 Å². The highest BCUT2D eigenvalue weighted by atomic mass is 16.5. The number of fused-ring (bicyclic) bond motifs is 2. The average molecular weight is 326 g/mol. The highest BCUT2D eigenvalue weighted by Crippen LogP contribution is 2.36. The summed E-state index contributed by atoms with van der Waals surface area (Å²) in [4.78, 5) is 18.8. The molecule has 1 amide bonds. The first-order valence-corrected chi connectivity index (χ1v) is 8.58. The molecule has 1 aromatic carbocycles. The topological polar surface area (TPSA) is 71.3 Å². The summed E-state index contributed by atoms with van der Waals surface area (Å²) in [5.74, 6) is 1.81. The summed E-state index contributed by atoms with van der Waals surface area (Å²) < 4.78 is 5.23. The maximum absolute atomic E-state index is 12.1. The lowest BCUT2D eigenvalue weighted by atomic mass is 10.1. The van der Waals surface area contributed by atoms with Gasteiger partial charge in [-0.2, -0.15) is 4.98 Å². The van der Waals surface area contributed by atoms with Gasteiger partial charge in [0.2, 0.25) is 17.6 Å². The summed E-state index contributed by atoms with van der Waals surface area (Å²) in [6, 6.07) is 8.56. The van der Waals surface area contributed by atoms with Gasteiger partial charge in [0, 0.05) is 18.2 Å². The third-order valence-electron chi connectivity index (χ3n) is 5.08. The molecule has 4 rings (SSSR count). The van der Waals surface area contributed by atoms with E-state index in [0.29, 0.717) is 24.3 Å². The molecule has 2 fully saturated rings. The number of likely N-dealkylation sites (tertiary alicyclic amines) is 1. The van der Waals surface area contributed by atoms with Crippen molar-refractivity contribution in [1.82, 2.24) is 20.4 Å². The van der Waals surface area contributed by atoms with Crippen molar-refractivity contribution in [2.75, 3.05) is 13.1 Å². The van der Waals surface area contributed by atoms with Crippen LogP contribution in [0.2, 0.25) is 0 Å². The van der Waals surface area contributed by atoms with Gasteiger partial charge in [-0.25, -0.2) is 0 Å². The lowest BCUT2D eigenvalue weighted by molar-refractivity contribution is -0.122. The van der Waals surface area contributed by atoms with Crippen LogP contribution in [0.1, 0.15) is 30.7 Å². The zero-order chi connectivity index (χ0) is 16.5. The fraction of sp³-hybridized carbons (Fsp3) is 0.500. The van der Waals surface area contributed by atoms with Crippen molar-refractivity contribution in [3.8, 4) is 11.4 Å². The van der Waals surface area contributed by atoms with Crippen LogP contribution in [-0.2, 0) is 11.3 Å². The van der Waals surface area contributed by atoms with E-state index in [1.165, 1.54) is 24.8 Å². The van der Waals surface area contributed by atoms with E-state index in [4.69, 9.17) is 4.52 Å². The lowest BCUT2D eigenvalue weighted by Gasteiger charge is -2.25. The fourth-order valence-electron chi connectivity index (χ4n) is 3.78. The number of nitrogens with one attached hydrogen (secondary N) is 1. The number of nitrogens with zero attached hydrogens (tertiary/aromatic N) is 3. The number of aromatic nitrogens is 2. The molecule has 24 heavy (non-hydrogen) atoms. The second kappa shape index (κ2) is 6.36. The number of carbonyl (C=O) groups is 1. The Hall–Kier alpha value is -2.21. The second-order valence-corrected chi connectivity index (χ2v) is 6.92. The van der Waals surface area contributed by atoms with Crippen LogP contribution in [0.25, 0.3) is 11.4 Å². The van der Waals surface area contributed by atoms with E-state index in [1.807, 2.05) is 31.2 Å². The van der Waals surface area contributed by atoms with Crippen LogP contribution < -0.4 is 5.32 Å². The molecule has 1 aliphatic carbocycles. The SMILES string of the molecule is Cc1ccc(-c2noc(CNC(=O)CN3C[C@@H]4CC[C@H]3C4)n2)cc1. The maximum atomic E-state index is 12.1. The molecule has 2 aliphatic rings. The standard InChI is InChI=1S/C18H22N4O2/c1-12-2-5-14(6-3-12)18-20-17(24-21-18)9-19-16(23)11-22-10-13-4-7-15(22)8-13/h2-3,5-6,13,15H,4,7-11H2,1H3,(H,19,23)/t13-,15+/m1/s1. The zero-order valence-corrected chi connectivity index (χ0v) is 13.9. The molecule has 1 saturated carbocycles. The lowest BCUT2D eigenvalue weighted by Crippen LogP contribution is -2.41. The molecule has 0 unspecified atom stereocenters. The normalized spacial score (nSPS) is 22.9. The maximum Gasteiger partial charge on any atom is 0.246 e. The Kier molecular flexibility index (Phi) is 4.06. The molecule has 2 bridgehead atoms. The molecule has 2 atom stereocenters. The number of hydrogen-bond donors (Lipinski definition) is 1. The molecular weight excluding hydrogens is 304 g/mol. The van der Waals surface area contributed by atoms with Gasteiger partial charge in [-0.1, -0.05) is 35.0 Å². The van der Waals surface area contributed by atoms with E-state index >= 15 is 0 Å². The van der Waals surface area contributed by atoms with E-state index in [9.17, 15) is 4.79 Å². The van der Waals surface area contributed by atoms with Crippen molar-refractivity contribution in [2.45, 2.75) is 38.8 Å². The van der Waals surface area contributed by atoms with E-state index in [0.717, 1.165) is 18.0 Å². The Bertz CT molecular complexity index is 725. The zero-order valence-electron chi connectivity index (χ0n) is 13.9. The number of hydrogen-bond acceptors (Lipinski definition) is 5. The molecule has 1 N–H and O–H groups in total. The van der Waals surface area contributed by atoms with Crippen molar-refractivity contribution in [1.29, 1.82) is 0 Å². The van der Waals surface area contributed by atoms with Gasteiger partial charge in [-0.15, -0.1) is 0 Å². The van der Waals surface area contributed by atoms with Crippen molar-refractivity contribution < 1.29 is 9.32 Å². The van der Waals surface area contributed by atoms with Crippen LogP contribution in [0.5, 0.6) is 0 Å². The van der Waals surface area contributed by atoms with Crippen molar-refractivity contribution in [3.05, 3.63) is 35.7 Å². The van der Waals surface area contributed by atoms with E-state index in [1.54, 1.807) is 0 Å². The summed E-state index contributed by atoms with van der Waals surface area (Å²) in [6.07, 6.45) is 3.82. The van der Waals surface area contributed by atoms with E-state index in [-0.39, 0.29) is 12.5 Å². The molecule has 6 heteroatoms. The second-order valence-electron chi connectivity index (χ2n) is 6.92. The summed E-state index contributed by atoms with van der Waals surface area (Å²) in [5.41, 5.74) is 2.10. The molecular formula is C18H22N4O2. The average Bonchev–Trinajstić information content (AvgIpc) is 3.30. The minimum atomic E-state index is 0.0256. The minimum Gasteiger partial charge on any atom is -0.346 e. The predicted octanol–water partition coefficient (Wildman–Crippen LogP) is 2.15. The Morgan fingerprint density at radius 3 is 2.88 bits per heavy atom. The third kappa shape index (κ3) is 3.19. The number of carbonyl (C=O) groups excluding carboxylic acids is 1. The van der Waals surface area contributed by atoms with Crippen molar-refractivity contribution >= 4 is 5.91 Å². The summed E-state index contributed by atoms with van der Waals surface area (Å²) in [7, 11) is 0. The highest BCUT2D eigenvalue weighted by molar-refractivity contribution is 5.78. The van der Waals surface area contributed by atoms with Crippen molar-refractivity contribution in [2.24, 2.45) is 5.92 Å². The third-order valence-corrected chi connectivity index (χ3v) is 5.08. The highest BCUT2D eigenvalue weighted by Gasteiger charge is 2.38. The van der Waals surface area contributed by atoms with Crippen LogP contribution in [0.3, 0.4) is 0 Å². The van der Waals surface area contributed by atoms with Crippen LogP contribution in [-0.4, -0.2) is 40.1 Å². The first-order valence-electron chi connectivity index (χ1n) is 8.58. The first kappa shape index (κ1) is 15.3. The van der Waals surface area contributed by atoms with Gasteiger partial charge in [0.1, 0.15) is 0 Å². The van der Waals surface area contributed by atoms with E-state index in [2.05, 4.69) is 20.4 Å². The number of aryl methyl sites for hydroxylation is 1. The Balaban J connectivity index is 1.30. The molecule has 126 valence electrons. The number of piperidine rings is 1. The number of amides is 1. The molecule has 0 radical (unpaired) electrons. The number of rotatable bonds is 5. The van der Waals surface area contributed by atoms with Crippen LogP contribution in [0, 0.1) is 12.8 Å². The van der Waals surface area contributed by atoms with Crippen LogP contribution >= 0.6 is 0 Å². The molecule has 6 nitrogen and oxygen atoms in total. The summed E-state index contributed by atoms with van der Waals surface area (Å²) in [5, 5.41) is 6.86. The fourth-order valence-corrected chi connectivity index (χ4v) is 3.78. The molecule has 1 saturated heterocycles. The molecule has 1 aliphatic heterocycles. The van der Waals surface area contributed by atoms with Gasteiger partial charge < -0.3 is 9.84 Å². The van der Waals surface area contributed by atoms with E-state index < -0.39 is 0 Å². The van der Waals surface area contributed by atoms with Crippen LogP contribution in [0.15, 0.2) is 28.8 Å². The Morgan fingerprint density at radius 1 is 1.33 bits per heavy atom. The Morgan fingerprint density at radius 2 is 2.17 bits per heavy atom. The molecule has 2 aromatic rings. The van der Waals surface area contributed by atoms with Gasteiger partial charge in [0.05, 0.1) is 13.1 Å². The van der Waals surface area contributed by atoms with Gasteiger partial charge >= 0.3 is 0 Å². The molecule has 0 spiro atoms. The number of benzene rings is 1. The minimum absolute atomic E-state index is 0.0256. The largest absolute Gasteiger partial charge is 0.346 e. The van der Waals surface area contributed by atoms with Crippen molar-refractivity contribution in [3.63, 3.8) is 0 Å².